The number of halogens is 4. The maximum absolute atomic E-state index is 11.9. The fourth-order valence-electron chi connectivity index (χ4n) is 11.2. The number of morpholine rings is 1. The second-order valence-corrected chi connectivity index (χ2v) is 32.3. The molecule has 594 valence electrons. The summed E-state index contributed by atoms with van der Waals surface area (Å²) in [5.74, 6) is -0.102. The van der Waals surface area contributed by atoms with E-state index in [-0.39, 0.29) is 49.6 Å². The molecule has 1 aliphatic rings. The zero-order valence-corrected chi connectivity index (χ0v) is 70.5. The van der Waals surface area contributed by atoms with Crippen LogP contribution in [0.5, 0.6) is 0 Å². The van der Waals surface area contributed by atoms with Crippen LogP contribution in [0.3, 0.4) is 0 Å². The highest BCUT2D eigenvalue weighted by Gasteiger charge is 2.30. The lowest BCUT2D eigenvalue weighted by atomic mass is 10.1. The highest BCUT2D eigenvalue weighted by Crippen LogP contribution is 2.33. The first-order valence-electron chi connectivity index (χ1n) is 36.9. The zero-order chi connectivity index (χ0) is 81.9. The van der Waals surface area contributed by atoms with Crippen molar-refractivity contribution in [1.82, 2.24) is 49.1 Å². The number of ketones is 4. The molecule has 1 fully saturated rings. The molecule has 0 amide bonds. The molecule has 6 aromatic heterocycles. The van der Waals surface area contributed by atoms with Crippen LogP contribution in [-0.2, 0) is 95.5 Å². The molecule has 21 nitrogen and oxygen atoms in total. The minimum atomic E-state index is -0.882. The van der Waals surface area contributed by atoms with Gasteiger partial charge in [-0.3, -0.25) is 42.9 Å². The van der Waals surface area contributed by atoms with Crippen molar-refractivity contribution in [2.45, 2.75) is 158 Å². The molecule has 7 heterocycles. The Morgan fingerprint density at radius 2 is 0.816 bits per heavy atom. The molecule has 1 saturated heterocycles. The Balaban J connectivity index is 0.000000162. The molecule has 27 heteroatoms. The number of hydrogen-bond donors (Lipinski definition) is 0. The van der Waals surface area contributed by atoms with Crippen molar-refractivity contribution in [3.63, 3.8) is 0 Å². The molecule has 114 heavy (non-hydrogen) atoms. The summed E-state index contributed by atoms with van der Waals surface area (Å²) in [6.45, 7) is 26.5. The van der Waals surface area contributed by atoms with Crippen molar-refractivity contribution >= 4 is 97.9 Å². The van der Waals surface area contributed by atoms with Gasteiger partial charge in [-0.1, -0.05) is 143 Å². The van der Waals surface area contributed by atoms with Crippen molar-refractivity contribution in [2.24, 2.45) is 0 Å². The van der Waals surface area contributed by atoms with Gasteiger partial charge in [0.15, 0.2) is 23.1 Å². The maximum Gasteiger partial charge on any atom is 0.161 e. The number of ether oxygens (including phenoxy) is 5. The van der Waals surface area contributed by atoms with Crippen LogP contribution >= 0.6 is 69.1 Å². The summed E-state index contributed by atoms with van der Waals surface area (Å²) in [6.07, 6.45) is 1.81. The molecule has 6 aromatic carbocycles. The Morgan fingerprint density at radius 3 is 1.18 bits per heavy atom. The van der Waals surface area contributed by atoms with Crippen molar-refractivity contribution in [3.05, 3.63) is 263 Å². The van der Waals surface area contributed by atoms with Gasteiger partial charge in [-0.2, -0.15) is 25.7 Å². The number of rotatable bonds is 29. The molecular weight excluding hydrogens is 1560 g/mol. The highest BCUT2D eigenvalue weighted by molar-refractivity contribution is 7.13. The number of aromatic nitrogens is 10. The molecule has 0 bridgehead atoms. The molecule has 0 radical (unpaired) electrons. The lowest BCUT2D eigenvalue weighted by Gasteiger charge is -2.29. The van der Waals surface area contributed by atoms with Crippen LogP contribution in [0.25, 0.3) is 44.5 Å². The van der Waals surface area contributed by atoms with E-state index in [1.165, 1.54) is 32.1 Å². The molecule has 0 atom stereocenters. The number of carbonyl (C=O) groups is 4. The van der Waals surface area contributed by atoms with Gasteiger partial charge in [0.25, 0.3) is 0 Å². The van der Waals surface area contributed by atoms with Gasteiger partial charge in [0.2, 0.25) is 0 Å². The van der Waals surface area contributed by atoms with Gasteiger partial charge < -0.3 is 28.6 Å². The summed E-state index contributed by atoms with van der Waals surface area (Å²) in [7, 11) is 0. The van der Waals surface area contributed by atoms with E-state index in [1.807, 2.05) is 170 Å². The van der Waals surface area contributed by atoms with Crippen molar-refractivity contribution in [3.8, 4) is 50.5 Å². The van der Waals surface area contributed by atoms with E-state index >= 15 is 0 Å². The van der Waals surface area contributed by atoms with Gasteiger partial charge in [-0.15, -0.1) is 22.7 Å². The summed E-state index contributed by atoms with van der Waals surface area (Å²) in [6, 6.07) is 56.7. The Morgan fingerprint density at radius 1 is 0.456 bits per heavy atom. The number of benzene rings is 6. The smallest absolute Gasteiger partial charge is 0.161 e. The van der Waals surface area contributed by atoms with Crippen molar-refractivity contribution in [2.75, 3.05) is 31.2 Å². The SMILES string of the molecule is CC(=O)C(C)(C)OCc1cc(-c2cccc(C#N)c2)n(Cc2ccccc2Cl)n1.CC(=O)C(C)(C)OCc1cc(-c2cccc(N3CCOCC3)c2)n(Cc2ccccc2Cl)n1.CC(=O)C(C)(C)OCc1cc(-c2cncs2)n(Cc2ccccc2Cl)n1.CC(=O)C(C)(C)OCc1cc(-c2cscn2)n(Cc2ccccc2Cl)n1. The lowest BCUT2D eigenvalue weighted by molar-refractivity contribution is -0.140. The van der Waals surface area contributed by atoms with Crippen molar-refractivity contribution in [1.29, 1.82) is 5.26 Å². The van der Waals surface area contributed by atoms with Gasteiger partial charge in [0, 0.05) is 61.6 Å². The topological polar surface area (TPSA) is 239 Å². The Kier molecular flexibility index (Phi) is 30.1. The molecule has 0 aliphatic carbocycles. The van der Waals surface area contributed by atoms with Gasteiger partial charge in [0.05, 0.1) is 145 Å². The second-order valence-electron chi connectivity index (χ2n) is 29.1. The third kappa shape index (κ3) is 23.8. The monoisotopic (exact) mass is 1650 g/mol. The Hall–Kier alpha value is -9.65. The van der Waals surface area contributed by atoms with Crippen LogP contribution in [0.1, 0.15) is 134 Å². The van der Waals surface area contributed by atoms with Crippen LogP contribution in [0, 0.1) is 11.3 Å². The standard InChI is InChI=1S/C26H30ClN3O3.C23H22ClN3O2.2C19H20ClN3O2S/c1-19(31)26(2,3)33-18-22-16-25(30(28-22)17-21-7-4-5-10-24(21)27)20-8-6-9-23(15-20)29-11-13-32-14-12-29;1-16(28)23(2,3)29-15-20-12-22(18-9-6-7-17(11-18)13-25)27(26-20)14-19-8-4-5-10-21(19)24;1-13(24)19(2,3)25-11-15-8-17(18-9-21-12-26-18)23(22-15)10-14-6-4-5-7-16(14)20;1-13(24)19(2,3)25-10-15-8-18(17-11-26-12-21-17)23(22-15)9-14-6-4-5-7-16(14)20/h4-10,15-16H,11-14,17-18H2,1-3H3;4-12H,14-15H2,1-3H3;4-9,12H,10-11H2,1-3H3;4-8,11-12H,9-10H2,1-3H3. The molecule has 12 aromatic rings. The van der Waals surface area contributed by atoms with Gasteiger partial charge in [0.1, 0.15) is 22.4 Å². The molecule has 0 unspecified atom stereocenters. The zero-order valence-electron chi connectivity index (χ0n) is 65.8. The summed E-state index contributed by atoms with van der Waals surface area (Å²) in [5, 5.41) is 32.8. The first-order valence-corrected chi connectivity index (χ1v) is 40.2. The van der Waals surface area contributed by atoms with E-state index in [0.717, 1.165) is 116 Å². The minimum absolute atomic E-state index is 0.0172. The van der Waals surface area contributed by atoms with E-state index < -0.39 is 22.4 Å². The molecule has 0 saturated carbocycles. The predicted octanol–water partition coefficient (Wildman–Crippen LogP) is 19.2. The third-order valence-electron chi connectivity index (χ3n) is 19.3. The summed E-state index contributed by atoms with van der Waals surface area (Å²) in [4.78, 5) is 58.8. The summed E-state index contributed by atoms with van der Waals surface area (Å²) >= 11 is 28.5. The number of anilines is 1. The normalized spacial score (nSPS) is 12.4. The third-order valence-corrected chi connectivity index (χ3v) is 22.2. The first-order chi connectivity index (χ1) is 54.4. The van der Waals surface area contributed by atoms with Crippen LogP contribution < -0.4 is 4.90 Å². The largest absolute Gasteiger partial charge is 0.378 e. The predicted molar refractivity (Wildman–Crippen MR) is 450 cm³/mol. The summed E-state index contributed by atoms with van der Waals surface area (Å²) in [5.41, 5.74) is 15.2. The van der Waals surface area contributed by atoms with E-state index in [0.29, 0.717) is 57.5 Å². The van der Waals surface area contributed by atoms with E-state index in [1.54, 1.807) is 90.7 Å². The molecule has 13 rings (SSSR count). The fourth-order valence-corrected chi connectivity index (χ4v) is 13.2. The van der Waals surface area contributed by atoms with E-state index in [4.69, 9.17) is 75.2 Å². The fraction of sp³-hybridized carbons (Fsp3) is 0.322. The van der Waals surface area contributed by atoms with E-state index in [2.05, 4.69) is 60.5 Å². The molecule has 1 aliphatic heterocycles. The quantitative estimate of drug-likeness (QED) is 0.0423. The van der Waals surface area contributed by atoms with Crippen LogP contribution in [0.4, 0.5) is 5.69 Å². The average molecular weight is 1660 g/mol. The molecule has 0 spiro atoms. The van der Waals surface area contributed by atoms with E-state index in [9.17, 15) is 24.4 Å². The second kappa shape index (κ2) is 39.6. The first kappa shape index (κ1) is 86.8. The molecular formula is C87H92Cl4N12O9S2. The molecule has 0 N–H and O–H groups in total. The Bertz CT molecular complexity index is 5160. The number of thiazole rings is 2. The maximum atomic E-state index is 11.9. The number of nitriles is 1. The minimum Gasteiger partial charge on any atom is -0.378 e. The number of carbonyl (C=O) groups excluding carboxylic acids is 4. The van der Waals surface area contributed by atoms with Crippen molar-refractivity contribution < 1.29 is 42.9 Å². The van der Waals surface area contributed by atoms with Crippen LogP contribution in [0.2, 0.25) is 20.1 Å². The van der Waals surface area contributed by atoms with Crippen LogP contribution in [-0.4, -0.2) is 121 Å². The van der Waals surface area contributed by atoms with Crippen LogP contribution in [0.15, 0.2) is 192 Å². The number of hydrogen-bond acceptors (Lipinski definition) is 19. The number of nitrogens with zero attached hydrogens (tertiary/aromatic N) is 12. The Labute approximate surface area is 693 Å². The highest BCUT2D eigenvalue weighted by atomic mass is 35.5. The van der Waals surface area contributed by atoms with Gasteiger partial charge >= 0.3 is 0 Å². The summed E-state index contributed by atoms with van der Waals surface area (Å²) < 4.78 is 36.3. The lowest BCUT2D eigenvalue weighted by Crippen LogP contribution is -2.36. The average Bonchev–Trinajstić information content (AvgIpc) is 1.51. The van der Waals surface area contributed by atoms with Gasteiger partial charge in [-0.05, 0) is 178 Å². The van der Waals surface area contributed by atoms with Gasteiger partial charge in [-0.25, -0.2) is 4.98 Å². The number of Topliss-reactive ketones (excluding diaryl/α,β-unsaturated/α-hetero) is 4.